The number of rotatable bonds is 2. The molecule has 92 valence electrons. The zero-order valence-corrected chi connectivity index (χ0v) is 10.1. The summed E-state index contributed by atoms with van der Waals surface area (Å²) < 4.78 is 13.7. The van der Waals surface area contributed by atoms with Crippen LogP contribution in [0.1, 0.15) is 18.9 Å². The molecule has 1 saturated heterocycles. The summed E-state index contributed by atoms with van der Waals surface area (Å²) in [7, 11) is 0. The van der Waals surface area contributed by atoms with E-state index in [0.717, 1.165) is 13.0 Å². The molecule has 1 aromatic carbocycles. The van der Waals surface area contributed by atoms with Crippen molar-refractivity contribution in [3.05, 3.63) is 29.6 Å². The fourth-order valence-corrected chi connectivity index (χ4v) is 2.14. The Labute approximate surface area is 100 Å². The van der Waals surface area contributed by atoms with E-state index in [1.807, 2.05) is 6.92 Å². The van der Waals surface area contributed by atoms with E-state index >= 15 is 0 Å². The van der Waals surface area contributed by atoms with Crippen LogP contribution in [0, 0.1) is 18.7 Å². The average molecular weight is 236 g/mol. The second-order valence-electron chi connectivity index (χ2n) is 4.62. The molecule has 0 saturated carbocycles. The minimum Gasteiger partial charge on any atom is -0.322 e. The summed E-state index contributed by atoms with van der Waals surface area (Å²) in [5.74, 6) is -0.214. The lowest BCUT2D eigenvalue weighted by molar-refractivity contribution is -0.118. The van der Waals surface area contributed by atoms with Gasteiger partial charge >= 0.3 is 0 Å². The highest BCUT2D eigenvalue weighted by Crippen LogP contribution is 2.20. The molecule has 0 radical (unpaired) electrons. The number of anilines is 1. The van der Waals surface area contributed by atoms with Gasteiger partial charge in [0, 0.05) is 0 Å². The molecule has 0 bridgehead atoms. The molecule has 0 aliphatic carbocycles. The highest BCUT2D eigenvalue weighted by atomic mass is 19.1. The van der Waals surface area contributed by atoms with Crippen LogP contribution in [0.2, 0.25) is 0 Å². The largest absolute Gasteiger partial charge is 0.322 e. The smallest absolute Gasteiger partial charge is 0.241 e. The van der Waals surface area contributed by atoms with Gasteiger partial charge in [-0.1, -0.05) is 19.1 Å². The number of carbonyl (C=O) groups excluding carboxylic acids is 1. The third-order valence-electron chi connectivity index (χ3n) is 3.27. The topological polar surface area (TPSA) is 41.1 Å². The van der Waals surface area contributed by atoms with Crippen molar-refractivity contribution in [1.82, 2.24) is 5.32 Å². The van der Waals surface area contributed by atoms with Crippen LogP contribution in [-0.2, 0) is 4.79 Å². The third kappa shape index (κ3) is 2.47. The Hall–Kier alpha value is -1.42. The van der Waals surface area contributed by atoms with Gasteiger partial charge in [0.15, 0.2) is 0 Å². The van der Waals surface area contributed by atoms with Crippen LogP contribution < -0.4 is 10.6 Å². The Kier molecular flexibility index (Phi) is 3.43. The fraction of sp³-hybridized carbons (Fsp3) is 0.462. The average Bonchev–Trinajstić information content (AvgIpc) is 2.71. The van der Waals surface area contributed by atoms with E-state index in [4.69, 9.17) is 0 Å². The summed E-state index contributed by atoms with van der Waals surface area (Å²) in [6.07, 6.45) is 0.981. The van der Waals surface area contributed by atoms with Gasteiger partial charge in [-0.3, -0.25) is 4.79 Å². The van der Waals surface area contributed by atoms with Crippen LogP contribution in [0.4, 0.5) is 10.1 Å². The summed E-state index contributed by atoms with van der Waals surface area (Å²) >= 11 is 0. The lowest BCUT2D eigenvalue weighted by Gasteiger charge is -2.16. The Morgan fingerprint density at radius 2 is 2.29 bits per heavy atom. The molecule has 3 nitrogen and oxygen atoms in total. The quantitative estimate of drug-likeness (QED) is 0.825. The van der Waals surface area contributed by atoms with Gasteiger partial charge in [0.2, 0.25) is 5.91 Å². The summed E-state index contributed by atoms with van der Waals surface area (Å²) in [6, 6.07) is 4.79. The molecule has 1 aromatic rings. The van der Waals surface area contributed by atoms with E-state index in [-0.39, 0.29) is 23.5 Å². The number of nitrogens with one attached hydrogen (secondary N) is 2. The van der Waals surface area contributed by atoms with E-state index in [1.165, 1.54) is 0 Å². The fourth-order valence-electron chi connectivity index (χ4n) is 2.14. The predicted octanol–water partition coefficient (Wildman–Crippen LogP) is 2.07. The van der Waals surface area contributed by atoms with Crippen molar-refractivity contribution in [2.24, 2.45) is 5.92 Å². The molecule has 17 heavy (non-hydrogen) atoms. The first-order valence-corrected chi connectivity index (χ1v) is 5.89. The maximum absolute atomic E-state index is 13.7. The van der Waals surface area contributed by atoms with E-state index < -0.39 is 0 Å². The molecule has 1 aliphatic heterocycles. The van der Waals surface area contributed by atoms with Gasteiger partial charge in [-0.2, -0.15) is 0 Å². The van der Waals surface area contributed by atoms with Gasteiger partial charge in [-0.25, -0.2) is 4.39 Å². The number of hydrogen-bond donors (Lipinski definition) is 2. The molecule has 2 N–H and O–H groups in total. The summed E-state index contributed by atoms with van der Waals surface area (Å²) in [4.78, 5) is 11.9. The molecule has 2 unspecified atom stereocenters. The monoisotopic (exact) mass is 236 g/mol. The van der Waals surface area contributed by atoms with Gasteiger partial charge in [0.1, 0.15) is 5.82 Å². The van der Waals surface area contributed by atoms with Crippen molar-refractivity contribution in [2.75, 3.05) is 11.9 Å². The first-order chi connectivity index (χ1) is 8.09. The number of aryl methyl sites for hydroxylation is 1. The molecule has 0 spiro atoms. The number of hydrogen-bond acceptors (Lipinski definition) is 2. The highest BCUT2D eigenvalue weighted by Gasteiger charge is 2.29. The molecule has 2 rings (SSSR count). The maximum atomic E-state index is 13.7. The summed E-state index contributed by atoms with van der Waals surface area (Å²) in [5, 5.41) is 5.77. The van der Waals surface area contributed by atoms with Crippen molar-refractivity contribution in [3.63, 3.8) is 0 Å². The van der Waals surface area contributed by atoms with E-state index in [2.05, 4.69) is 10.6 Å². The summed E-state index contributed by atoms with van der Waals surface area (Å²) in [6.45, 7) is 4.55. The van der Waals surface area contributed by atoms with Crippen LogP contribution in [0.15, 0.2) is 18.2 Å². The first kappa shape index (κ1) is 12.0. The van der Waals surface area contributed by atoms with Crippen molar-refractivity contribution in [2.45, 2.75) is 26.3 Å². The van der Waals surface area contributed by atoms with E-state index in [9.17, 15) is 9.18 Å². The lowest BCUT2D eigenvalue weighted by Crippen LogP contribution is -2.39. The van der Waals surface area contributed by atoms with E-state index in [0.29, 0.717) is 11.5 Å². The molecule has 2 atom stereocenters. The van der Waals surface area contributed by atoms with Crippen molar-refractivity contribution >= 4 is 11.6 Å². The second kappa shape index (κ2) is 4.84. The molecule has 1 heterocycles. The standard InChI is InChI=1S/C13H17FN2O/c1-8-4-3-5-10(11(8)14)16-13(17)12-9(2)6-7-15-12/h3-5,9,12,15H,6-7H2,1-2H3,(H,16,17). The zero-order valence-electron chi connectivity index (χ0n) is 10.1. The van der Waals surface area contributed by atoms with Crippen LogP contribution in [0.25, 0.3) is 0 Å². The molecule has 4 heteroatoms. The Bertz CT molecular complexity index is 433. The zero-order chi connectivity index (χ0) is 12.4. The molecule has 1 aliphatic rings. The number of halogens is 1. The normalized spacial score (nSPS) is 23.7. The first-order valence-electron chi connectivity index (χ1n) is 5.89. The van der Waals surface area contributed by atoms with Crippen LogP contribution >= 0.6 is 0 Å². The number of benzene rings is 1. The molecule has 1 fully saturated rings. The third-order valence-corrected chi connectivity index (χ3v) is 3.27. The van der Waals surface area contributed by atoms with Gasteiger partial charge in [-0.05, 0) is 37.4 Å². The van der Waals surface area contributed by atoms with Gasteiger partial charge in [0.25, 0.3) is 0 Å². The maximum Gasteiger partial charge on any atom is 0.241 e. The Morgan fingerprint density at radius 3 is 2.94 bits per heavy atom. The Morgan fingerprint density at radius 1 is 1.53 bits per heavy atom. The van der Waals surface area contributed by atoms with Crippen molar-refractivity contribution < 1.29 is 9.18 Å². The predicted molar refractivity (Wildman–Crippen MR) is 65.3 cm³/mol. The van der Waals surface area contributed by atoms with Crippen molar-refractivity contribution in [1.29, 1.82) is 0 Å². The molecule has 1 amide bonds. The Balaban J connectivity index is 2.10. The second-order valence-corrected chi connectivity index (χ2v) is 4.62. The SMILES string of the molecule is Cc1cccc(NC(=O)C2NCCC2C)c1F. The van der Waals surface area contributed by atoms with Gasteiger partial charge in [0.05, 0.1) is 11.7 Å². The van der Waals surface area contributed by atoms with Gasteiger partial charge in [-0.15, -0.1) is 0 Å². The van der Waals surface area contributed by atoms with Crippen LogP contribution in [0.5, 0.6) is 0 Å². The molecular formula is C13H17FN2O. The van der Waals surface area contributed by atoms with Gasteiger partial charge < -0.3 is 10.6 Å². The summed E-state index contributed by atoms with van der Waals surface area (Å²) in [5.41, 5.74) is 0.797. The lowest BCUT2D eigenvalue weighted by atomic mass is 10.0. The minimum atomic E-state index is -0.355. The number of carbonyl (C=O) groups is 1. The van der Waals surface area contributed by atoms with Crippen LogP contribution in [0.3, 0.4) is 0 Å². The number of amides is 1. The van der Waals surface area contributed by atoms with Crippen molar-refractivity contribution in [3.8, 4) is 0 Å². The highest BCUT2D eigenvalue weighted by molar-refractivity contribution is 5.95. The van der Waals surface area contributed by atoms with E-state index in [1.54, 1.807) is 25.1 Å². The molecular weight excluding hydrogens is 219 g/mol. The van der Waals surface area contributed by atoms with Crippen LogP contribution in [-0.4, -0.2) is 18.5 Å². The molecule has 0 aromatic heterocycles. The minimum absolute atomic E-state index is 0.153.